The summed E-state index contributed by atoms with van der Waals surface area (Å²) in [5, 5.41) is 7.89. The minimum absolute atomic E-state index is 0.167. The minimum atomic E-state index is -0.287. The number of amides is 1. The molecule has 7 nitrogen and oxygen atoms in total. The molecule has 2 fully saturated rings. The number of carbonyl (C=O) groups excluding carboxylic acids is 1. The lowest BCUT2D eigenvalue weighted by molar-refractivity contribution is -0.00115. The van der Waals surface area contributed by atoms with Crippen LogP contribution in [0.5, 0.6) is 0 Å². The van der Waals surface area contributed by atoms with Gasteiger partial charge in [0.1, 0.15) is 16.6 Å². The van der Waals surface area contributed by atoms with Gasteiger partial charge in [0, 0.05) is 39.0 Å². The van der Waals surface area contributed by atoms with Crippen LogP contribution in [0.4, 0.5) is 4.79 Å². The van der Waals surface area contributed by atoms with Gasteiger partial charge in [-0.1, -0.05) is 12.1 Å². The molecule has 7 heteroatoms. The number of fused-ring (bicyclic) bond motifs is 1. The zero-order valence-electron chi connectivity index (χ0n) is 13.2. The SMILES string of the molecule is CCN1CC2(CCN(Cc3cccc4nonc34)CC2)OC1=O. The largest absolute Gasteiger partial charge is 0.441 e. The van der Waals surface area contributed by atoms with Crippen molar-refractivity contribution in [2.24, 2.45) is 0 Å². The van der Waals surface area contributed by atoms with Crippen LogP contribution in [-0.4, -0.2) is 58.0 Å². The van der Waals surface area contributed by atoms with Crippen molar-refractivity contribution in [1.29, 1.82) is 0 Å². The lowest BCUT2D eigenvalue weighted by Crippen LogP contribution is -2.46. The fraction of sp³-hybridized carbons (Fsp3) is 0.562. The van der Waals surface area contributed by atoms with E-state index >= 15 is 0 Å². The monoisotopic (exact) mass is 316 g/mol. The topological polar surface area (TPSA) is 71.7 Å². The zero-order valence-corrected chi connectivity index (χ0v) is 13.2. The van der Waals surface area contributed by atoms with Crippen molar-refractivity contribution in [3.8, 4) is 0 Å². The third-order valence-electron chi connectivity index (χ3n) is 4.95. The number of benzene rings is 1. The van der Waals surface area contributed by atoms with Crippen LogP contribution in [0.1, 0.15) is 25.3 Å². The molecule has 0 bridgehead atoms. The Hall–Kier alpha value is -2.15. The van der Waals surface area contributed by atoms with Crippen molar-refractivity contribution in [3.63, 3.8) is 0 Å². The number of aromatic nitrogens is 2. The van der Waals surface area contributed by atoms with Gasteiger partial charge in [-0.15, -0.1) is 0 Å². The van der Waals surface area contributed by atoms with Gasteiger partial charge in [-0.2, -0.15) is 0 Å². The van der Waals surface area contributed by atoms with Gasteiger partial charge in [-0.05, 0) is 28.9 Å². The lowest BCUT2D eigenvalue weighted by Gasteiger charge is -2.37. The van der Waals surface area contributed by atoms with Crippen LogP contribution in [0.25, 0.3) is 11.0 Å². The molecule has 1 aromatic heterocycles. The van der Waals surface area contributed by atoms with Gasteiger partial charge in [0.05, 0.1) is 6.54 Å². The molecule has 122 valence electrons. The Morgan fingerprint density at radius 1 is 1.26 bits per heavy atom. The summed E-state index contributed by atoms with van der Waals surface area (Å²) in [7, 11) is 0. The molecule has 1 spiro atoms. The standard InChI is InChI=1S/C16H20N4O3/c1-2-20-11-16(22-15(20)21)6-8-19(9-7-16)10-12-4-3-5-13-14(12)18-23-17-13/h3-5H,2,6-11H2,1H3. The number of likely N-dealkylation sites (tertiary alicyclic amines) is 1. The van der Waals surface area contributed by atoms with E-state index in [4.69, 9.17) is 9.37 Å². The van der Waals surface area contributed by atoms with E-state index in [0.717, 1.165) is 55.6 Å². The normalized spacial score (nSPS) is 21.3. The van der Waals surface area contributed by atoms with Crippen LogP contribution < -0.4 is 0 Å². The van der Waals surface area contributed by atoms with Crippen LogP contribution in [0.3, 0.4) is 0 Å². The summed E-state index contributed by atoms with van der Waals surface area (Å²) in [5.41, 5.74) is 2.46. The van der Waals surface area contributed by atoms with Gasteiger partial charge in [0.25, 0.3) is 0 Å². The molecule has 2 aliphatic rings. The number of nitrogens with zero attached hydrogens (tertiary/aromatic N) is 4. The van der Waals surface area contributed by atoms with Gasteiger partial charge >= 0.3 is 6.09 Å². The number of carbonyl (C=O) groups is 1. The molecule has 0 saturated carbocycles. The molecule has 2 saturated heterocycles. The Labute approximate surface area is 134 Å². The number of hydrogen-bond acceptors (Lipinski definition) is 6. The van der Waals surface area contributed by atoms with Gasteiger partial charge in [0.15, 0.2) is 0 Å². The van der Waals surface area contributed by atoms with Gasteiger partial charge in [-0.25, -0.2) is 9.42 Å². The first-order chi connectivity index (χ1) is 11.2. The fourth-order valence-corrected chi connectivity index (χ4v) is 3.54. The first-order valence-electron chi connectivity index (χ1n) is 8.09. The predicted molar refractivity (Wildman–Crippen MR) is 82.8 cm³/mol. The summed E-state index contributed by atoms with van der Waals surface area (Å²) in [6.07, 6.45) is 1.59. The van der Waals surface area contributed by atoms with Crippen LogP contribution in [0.2, 0.25) is 0 Å². The van der Waals surface area contributed by atoms with E-state index < -0.39 is 0 Å². The Kier molecular flexibility index (Phi) is 3.45. The predicted octanol–water partition coefficient (Wildman–Crippen LogP) is 2.03. The minimum Gasteiger partial charge on any atom is -0.441 e. The Morgan fingerprint density at radius 3 is 2.83 bits per heavy atom. The molecule has 4 rings (SSSR count). The summed E-state index contributed by atoms with van der Waals surface area (Å²) in [6.45, 7) is 6.05. The molecule has 3 heterocycles. The number of ether oxygens (including phenoxy) is 1. The van der Waals surface area contributed by atoms with Crippen LogP contribution in [0, 0.1) is 0 Å². The quantitative estimate of drug-likeness (QED) is 0.863. The smallest absolute Gasteiger partial charge is 0.410 e. The van der Waals surface area contributed by atoms with Crippen LogP contribution >= 0.6 is 0 Å². The maximum Gasteiger partial charge on any atom is 0.410 e. The molecule has 0 N–H and O–H groups in total. The molecule has 1 aromatic carbocycles. The molecule has 0 atom stereocenters. The van der Waals surface area contributed by atoms with Gasteiger partial charge in [-0.3, -0.25) is 4.90 Å². The van der Waals surface area contributed by atoms with Crippen LogP contribution in [-0.2, 0) is 11.3 Å². The van der Waals surface area contributed by atoms with E-state index in [2.05, 4.69) is 21.3 Å². The second kappa shape index (κ2) is 5.49. The van der Waals surface area contributed by atoms with E-state index in [9.17, 15) is 4.79 Å². The second-order valence-corrected chi connectivity index (χ2v) is 6.39. The molecular formula is C16H20N4O3. The molecule has 0 aliphatic carbocycles. The van der Waals surface area contributed by atoms with E-state index in [1.807, 2.05) is 19.1 Å². The number of rotatable bonds is 3. The number of likely N-dealkylation sites (N-methyl/N-ethyl adjacent to an activating group) is 1. The average Bonchev–Trinajstić information content (AvgIpc) is 3.15. The van der Waals surface area contributed by atoms with E-state index in [1.165, 1.54) is 0 Å². The van der Waals surface area contributed by atoms with Gasteiger partial charge in [0.2, 0.25) is 0 Å². The van der Waals surface area contributed by atoms with E-state index in [-0.39, 0.29) is 11.7 Å². The molecule has 23 heavy (non-hydrogen) atoms. The second-order valence-electron chi connectivity index (χ2n) is 6.39. The summed E-state index contributed by atoms with van der Waals surface area (Å²) in [5.74, 6) is 0. The fourth-order valence-electron chi connectivity index (χ4n) is 3.54. The van der Waals surface area contributed by atoms with Crippen LogP contribution in [0.15, 0.2) is 22.8 Å². The summed E-state index contributed by atoms with van der Waals surface area (Å²) < 4.78 is 10.5. The Morgan fingerprint density at radius 2 is 2.09 bits per heavy atom. The highest BCUT2D eigenvalue weighted by Crippen LogP contribution is 2.33. The Bertz CT molecular complexity index is 721. The molecule has 2 aromatic rings. The highest BCUT2D eigenvalue weighted by atomic mass is 16.6. The zero-order chi connectivity index (χ0) is 15.9. The maximum atomic E-state index is 11.8. The van der Waals surface area contributed by atoms with Crippen molar-refractivity contribution >= 4 is 17.1 Å². The molecular weight excluding hydrogens is 296 g/mol. The van der Waals surface area contributed by atoms with E-state index in [1.54, 1.807) is 4.90 Å². The van der Waals surface area contributed by atoms with Crippen molar-refractivity contribution in [1.82, 2.24) is 20.1 Å². The molecule has 2 aliphatic heterocycles. The van der Waals surface area contributed by atoms with Crippen molar-refractivity contribution in [2.45, 2.75) is 31.9 Å². The van der Waals surface area contributed by atoms with E-state index in [0.29, 0.717) is 6.54 Å². The number of hydrogen-bond donors (Lipinski definition) is 0. The molecule has 1 amide bonds. The summed E-state index contributed by atoms with van der Waals surface area (Å²) in [6, 6.07) is 5.94. The third kappa shape index (κ3) is 2.55. The van der Waals surface area contributed by atoms with Crippen molar-refractivity contribution in [2.75, 3.05) is 26.2 Å². The Balaban J connectivity index is 1.42. The van der Waals surface area contributed by atoms with Crippen molar-refractivity contribution < 1.29 is 14.2 Å². The summed E-state index contributed by atoms with van der Waals surface area (Å²) in [4.78, 5) is 16.0. The maximum absolute atomic E-state index is 11.8. The third-order valence-corrected chi connectivity index (χ3v) is 4.95. The highest BCUT2D eigenvalue weighted by molar-refractivity contribution is 5.76. The summed E-state index contributed by atoms with van der Waals surface area (Å²) >= 11 is 0. The first kappa shape index (κ1) is 14.4. The average molecular weight is 316 g/mol. The van der Waals surface area contributed by atoms with Gasteiger partial charge < -0.3 is 9.64 Å². The molecule has 0 radical (unpaired) electrons. The highest BCUT2D eigenvalue weighted by Gasteiger charge is 2.46. The lowest BCUT2D eigenvalue weighted by atomic mass is 9.91. The van der Waals surface area contributed by atoms with Crippen molar-refractivity contribution in [3.05, 3.63) is 23.8 Å². The first-order valence-corrected chi connectivity index (χ1v) is 8.09. The molecule has 0 unspecified atom stereocenters. The number of piperidine rings is 1.